The van der Waals surface area contributed by atoms with Crippen molar-refractivity contribution in [2.75, 3.05) is 5.75 Å². The van der Waals surface area contributed by atoms with Crippen molar-refractivity contribution in [1.29, 1.82) is 0 Å². The highest BCUT2D eigenvalue weighted by molar-refractivity contribution is 8.00. The largest absolute Gasteiger partial charge is 0.508 e. The molecule has 1 aliphatic carbocycles. The first-order valence-corrected chi connectivity index (χ1v) is 16.5. The first-order chi connectivity index (χ1) is 22.4. The van der Waals surface area contributed by atoms with Crippen LogP contribution in [0.4, 0.5) is 0 Å². The summed E-state index contributed by atoms with van der Waals surface area (Å²) in [4.78, 5) is 56.6. The van der Waals surface area contributed by atoms with E-state index in [0.29, 0.717) is 5.75 Å². The lowest BCUT2D eigenvalue weighted by Gasteiger charge is -2.50. The molecule has 0 bridgehead atoms. The number of hydrogen-bond acceptors (Lipinski definition) is 9. The fourth-order valence-electron chi connectivity index (χ4n) is 5.80. The molecule has 0 aromatic heterocycles. The fraction of sp³-hybridized carbons (Fsp3) is 0.333. The molecule has 4 N–H and O–H groups in total. The maximum atomic E-state index is 14.1. The molecule has 2 amide bonds. The maximum Gasteiger partial charge on any atom is 0.356 e. The van der Waals surface area contributed by atoms with Gasteiger partial charge in [-0.1, -0.05) is 72.8 Å². The van der Waals surface area contributed by atoms with Crippen LogP contribution in [0.1, 0.15) is 56.4 Å². The van der Waals surface area contributed by atoms with Gasteiger partial charge < -0.3 is 25.6 Å². The number of amides is 2. The zero-order valence-electron chi connectivity index (χ0n) is 26.3. The Morgan fingerprint density at radius 1 is 0.936 bits per heavy atom. The van der Waals surface area contributed by atoms with E-state index in [2.05, 4.69) is 5.32 Å². The van der Waals surface area contributed by atoms with Crippen LogP contribution in [0.3, 0.4) is 0 Å². The molecule has 0 radical (unpaired) electrons. The fourth-order valence-corrected chi connectivity index (χ4v) is 7.26. The second-order valence-corrected chi connectivity index (χ2v) is 14.1. The van der Waals surface area contributed by atoms with Crippen molar-refractivity contribution in [1.82, 2.24) is 10.2 Å². The standard InChI is InChI=1S/C36H37N3O7S/c1-35(2,3)46-34(44)36(37,24-16-18-25(40)19-17-24)33(43)38-27-30(41)39-28(26(21-14-15-21)20-47-31(27)39)32(42)45-29(22-10-6-4-7-11-22)23-12-8-5-9-13-23/h4-13,16-19,21,27,29,31,40H,14-15,20,37H2,1-3H3,(H,38,43)/t27-,31-,36-/m1/s1. The second kappa shape index (κ2) is 12.5. The van der Waals surface area contributed by atoms with Crippen LogP contribution in [-0.4, -0.2) is 56.5 Å². The zero-order chi connectivity index (χ0) is 33.5. The lowest BCUT2D eigenvalue weighted by Crippen LogP contribution is -2.73. The van der Waals surface area contributed by atoms with Crippen LogP contribution in [-0.2, 0) is 34.2 Å². The third-order valence-electron chi connectivity index (χ3n) is 8.38. The molecule has 6 rings (SSSR count). The Labute approximate surface area is 277 Å². The van der Waals surface area contributed by atoms with Crippen molar-refractivity contribution in [2.45, 2.75) is 62.3 Å². The SMILES string of the molecule is CC(C)(C)OC(=O)[C@](N)(C(=O)N[C@@H]1C(=O)N2C(C(=O)OC(c3ccccc3)c3ccccc3)=C(C3CC3)CS[C@H]12)c1ccc(O)cc1. The van der Waals surface area contributed by atoms with Gasteiger partial charge in [0, 0.05) is 5.75 Å². The number of nitrogens with zero attached hydrogens (tertiary/aromatic N) is 1. The predicted molar refractivity (Wildman–Crippen MR) is 175 cm³/mol. The molecule has 3 aromatic rings. The number of phenolic OH excluding ortho intramolecular Hbond substituents is 1. The highest BCUT2D eigenvalue weighted by Gasteiger charge is 2.58. The number of β-lactam (4-membered cyclic amide) rings is 1. The average Bonchev–Trinajstić information content (AvgIpc) is 3.91. The first kappa shape index (κ1) is 32.3. The van der Waals surface area contributed by atoms with Gasteiger partial charge in [-0.25, -0.2) is 9.59 Å². The van der Waals surface area contributed by atoms with Crippen molar-refractivity contribution < 1.29 is 33.8 Å². The summed E-state index contributed by atoms with van der Waals surface area (Å²) in [5, 5.41) is 11.9. The van der Waals surface area contributed by atoms with Gasteiger partial charge in [0.05, 0.1) is 0 Å². The van der Waals surface area contributed by atoms with Crippen molar-refractivity contribution in [2.24, 2.45) is 11.7 Å². The van der Waals surface area contributed by atoms with Gasteiger partial charge in [0.2, 0.25) is 5.54 Å². The first-order valence-electron chi connectivity index (χ1n) is 15.5. The molecule has 3 aromatic carbocycles. The molecule has 3 aliphatic rings. The Morgan fingerprint density at radius 2 is 1.51 bits per heavy atom. The number of ether oxygens (including phenoxy) is 2. The summed E-state index contributed by atoms with van der Waals surface area (Å²) in [6.07, 6.45) is 1.13. The Balaban J connectivity index is 1.27. The van der Waals surface area contributed by atoms with Crippen LogP contribution in [0.15, 0.2) is 96.2 Å². The van der Waals surface area contributed by atoms with E-state index in [4.69, 9.17) is 15.2 Å². The second-order valence-electron chi connectivity index (χ2n) is 13.0. The normalized spacial score (nSPS) is 20.5. The Kier molecular flexibility index (Phi) is 8.62. The highest BCUT2D eigenvalue weighted by Crippen LogP contribution is 2.49. The molecule has 0 spiro atoms. The molecule has 0 unspecified atom stereocenters. The molecular weight excluding hydrogens is 618 g/mol. The van der Waals surface area contributed by atoms with Crippen LogP contribution in [0, 0.1) is 5.92 Å². The van der Waals surface area contributed by atoms with Crippen molar-refractivity contribution in [3.8, 4) is 5.75 Å². The summed E-state index contributed by atoms with van der Waals surface area (Å²) < 4.78 is 11.7. The predicted octanol–water partition coefficient (Wildman–Crippen LogP) is 4.28. The molecule has 2 aliphatic heterocycles. The maximum absolute atomic E-state index is 14.1. The number of rotatable bonds is 9. The molecule has 47 heavy (non-hydrogen) atoms. The number of fused-ring (bicyclic) bond motifs is 1. The van der Waals surface area contributed by atoms with Crippen LogP contribution in [0.2, 0.25) is 0 Å². The minimum absolute atomic E-state index is 0.0787. The minimum Gasteiger partial charge on any atom is -0.508 e. The van der Waals surface area contributed by atoms with E-state index in [0.717, 1.165) is 29.5 Å². The van der Waals surface area contributed by atoms with Crippen molar-refractivity contribution >= 4 is 35.5 Å². The van der Waals surface area contributed by atoms with Gasteiger partial charge in [0.25, 0.3) is 11.8 Å². The van der Waals surface area contributed by atoms with Gasteiger partial charge >= 0.3 is 11.9 Å². The average molecular weight is 656 g/mol. The van der Waals surface area contributed by atoms with Crippen LogP contribution >= 0.6 is 11.8 Å². The molecular formula is C36H37N3O7S. The highest BCUT2D eigenvalue weighted by atomic mass is 32.2. The van der Waals surface area contributed by atoms with Crippen molar-refractivity contribution in [3.05, 3.63) is 113 Å². The number of carbonyl (C=O) groups is 4. The van der Waals surface area contributed by atoms with E-state index in [1.54, 1.807) is 20.8 Å². The van der Waals surface area contributed by atoms with Gasteiger partial charge in [-0.2, -0.15) is 0 Å². The summed E-state index contributed by atoms with van der Waals surface area (Å²) in [5.74, 6) is -2.49. The lowest BCUT2D eigenvalue weighted by atomic mass is 9.88. The quantitative estimate of drug-likeness (QED) is 0.175. The zero-order valence-corrected chi connectivity index (χ0v) is 27.2. The van der Waals surface area contributed by atoms with Crippen molar-refractivity contribution in [3.63, 3.8) is 0 Å². The van der Waals surface area contributed by atoms with E-state index in [9.17, 15) is 24.3 Å². The molecule has 1 saturated heterocycles. The summed E-state index contributed by atoms with van der Waals surface area (Å²) in [6.45, 7) is 4.95. The number of carbonyl (C=O) groups excluding carboxylic acids is 4. The summed E-state index contributed by atoms with van der Waals surface area (Å²) in [5.41, 5.74) is 5.98. The number of thioether (sulfide) groups is 1. The number of benzene rings is 3. The number of aromatic hydroxyl groups is 1. The summed E-state index contributed by atoms with van der Waals surface area (Å²) in [6, 6.07) is 23.1. The van der Waals surface area contributed by atoms with Gasteiger partial charge in [-0.05, 0) is 73.9 Å². The van der Waals surface area contributed by atoms with E-state index < -0.39 is 52.4 Å². The summed E-state index contributed by atoms with van der Waals surface area (Å²) >= 11 is 1.44. The number of hydrogen-bond donors (Lipinski definition) is 3. The Morgan fingerprint density at radius 3 is 2.04 bits per heavy atom. The van der Waals surface area contributed by atoms with E-state index in [-0.39, 0.29) is 22.9 Å². The molecule has 244 valence electrons. The Bertz CT molecular complexity index is 1680. The lowest BCUT2D eigenvalue weighted by molar-refractivity contribution is -0.166. The summed E-state index contributed by atoms with van der Waals surface area (Å²) in [7, 11) is 0. The number of phenols is 1. The molecule has 3 atom stereocenters. The molecule has 10 nitrogen and oxygen atoms in total. The number of nitrogens with one attached hydrogen (secondary N) is 1. The molecule has 1 saturated carbocycles. The number of esters is 2. The third kappa shape index (κ3) is 6.37. The van der Waals surface area contributed by atoms with Crippen LogP contribution in [0.5, 0.6) is 5.75 Å². The van der Waals surface area contributed by atoms with Gasteiger partial charge in [0.1, 0.15) is 28.5 Å². The third-order valence-corrected chi connectivity index (χ3v) is 9.68. The van der Waals surface area contributed by atoms with E-state index in [1.165, 1.54) is 40.9 Å². The van der Waals surface area contributed by atoms with E-state index >= 15 is 0 Å². The number of nitrogens with two attached hydrogens (primary N) is 1. The topological polar surface area (TPSA) is 148 Å². The van der Waals surface area contributed by atoms with E-state index in [1.807, 2.05) is 60.7 Å². The van der Waals surface area contributed by atoms with Crippen LogP contribution < -0.4 is 11.1 Å². The Hall–Kier alpha value is -4.61. The smallest absolute Gasteiger partial charge is 0.356 e. The van der Waals surface area contributed by atoms with Gasteiger partial charge in [-0.15, -0.1) is 11.8 Å². The van der Waals surface area contributed by atoms with Crippen LogP contribution in [0.25, 0.3) is 0 Å². The molecule has 11 heteroatoms. The minimum atomic E-state index is -2.32. The molecule has 2 heterocycles. The van der Waals surface area contributed by atoms with Gasteiger partial charge in [-0.3, -0.25) is 14.5 Å². The van der Waals surface area contributed by atoms with Gasteiger partial charge in [0.15, 0.2) is 6.10 Å². The molecule has 2 fully saturated rings. The monoisotopic (exact) mass is 655 g/mol.